The van der Waals surface area contributed by atoms with Crippen LogP contribution in [0.15, 0.2) is 53.5 Å². The highest BCUT2D eigenvalue weighted by molar-refractivity contribution is 7.66. The number of aromatic nitrogens is 4. The summed E-state index contributed by atoms with van der Waals surface area (Å²) in [6, 6.07) is 14.8. The number of nitrogen functional groups attached to an aromatic ring is 1. The van der Waals surface area contributed by atoms with Crippen LogP contribution >= 0.6 is 23.5 Å². The minimum atomic E-state index is -5.76. The fraction of sp³-hybridized carbons (Fsp3) is 0.371. The molecule has 22 nitrogen and oxygen atoms in total. The molecule has 3 aromatic heterocycles. The quantitative estimate of drug-likeness (QED) is 0.0322. The van der Waals surface area contributed by atoms with Crippen LogP contribution in [-0.4, -0.2) is 98.7 Å². The molecule has 1 amide bonds. The lowest BCUT2D eigenvalue weighted by atomic mass is 10.1. The Morgan fingerprint density at radius 1 is 1.02 bits per heavy atom. The number of rotatable bonds is 15. The highest BCUT2D eigenvalue weighted by Crippen LogP contribution is 2.66. The third kappa shape index (κ3) is 10.8. The van der Waals surface area contributed by atoms with Crippen LogP contribution in [0.3, 0.4) is 0 Å². The van der Waals surface area contributed by atoms with Gasteiger partial charge in [-0.05, 0) is 30.3 Å². The second kappa shape index (κ2) is 17.7. The summed E-state index contributed by atoms with van der Waals surface area (Å²) >= 11 is 0. The summed E-state index contributed by atoms with van der Waals surface area (Å²) in [5, 5.41) is 15.6. The van der Waals surface area contributed by atoms with E-state index in [0.717, 1.165) is 33.2 Å². The third-order valence-corrected chi connectivity index (χ3v) is 13.2. The van der Waals surface area contributed by atoms with Crippen molar-refractivity contribution in [2.24, 2.45) is 0 Å². The van der Waals surface area contributed by atoms with Crippen LogP contribution in [0.2, 0.25) is 0 Å². The molecule has 5 aromatic rings. The molecule has 0 aliphatic carbocycles. The van der Waals surface area contributed by atoms with Crippen LogP contribution in [-0.2, 0) is 42.9 Å². The average molecular weight is 894 g/mol. The van der Waals surface area contributed by atoms with Gasteiger partial charge in [-0.15, -0.1) is 0 Å². The van der Waals surface area contributed by atoms with Crippen LogP contribution in [0.5, 0.6) is 0 Å². The number of amides is 1. The van der Waals surface area contributed by atoms with E-state index in [1.165, 1.54) is 10.8 Å². The van der Waals surface area contributed by atoms with Gasteiger partial charge in [0, 0.05) is 87.9 Å². The predicted molar refractivity (Wildman–Crippen MR) is 219 cm³/mol. The molecule has 9 N–H and O–H groups in total. The van der Waals surface area contributed by atoms with Crippen molar-refractivity contribution in [3.63, 3.8) is 0 Å². The normalized spacial score (nSPS) is 18.9. The number of pyridine rings is 1. The summed E-state index contributed by atoms with van der Waals surface area (Å²) in [5.41, 5.74) is 9.54. The van der Waals surface area contributed by atoms with E-state index in [9.17, 15) is 38.2 Å². The van der Waals surface area contributed by atoms with Crippen LogP contribution in [0, 0.1) is 11.8 Å². The predicted octanol–water partition coefficient (Wildman–Crippen LogP) is 1.97. The summed E-state index contributed by atoms with van der Waals surface area (Å²) in [6.07, 6.45) is -1.81. The zero-order chi connectivity index (χ0) is 43.7. The number of phosphoric ester groups is 1. The summed E-state index contributed by atoms with van der Waals surface area (Å²) in [7, 11) is -8.93. The lowest BCUT2D eigenvalue weighted by molar-refractivity contribution is -0.645. The van der Waals surface area contributed by atoms with Crippen molar-refractivity contribution < 1.29 is 65.6 Å². The molecule has 0 saturated carbocycles. The number of nitrogens with zero attached hydrogens (tertiary/aromatic N) is 5. The van der Waals surface area contributed by atoms with E-state index in [4.69, 9.17) is 20.3 Å². The van der Waals surface area contributed by atoms with Crippen LogP contribution < -0.4 is 31.0 Å². The van der Waals surface area contributed by atoms with E-state index in [2.05, 4.69) is 87.3 Å². The Balaban J connectivity index is 1.12. The van der Waals surface area contributed by atoms with Gasteiger partial charge in [0.15, 0.2) is 5.65 Å². The molecule has 6 rings (SSSR count). The van der Waals surface area contributed by atoms with Gasteiger partial charge in [0.1, 0.15) is 18.9 Å². The number of phosphoric acid groups is 3. The van der Waals surface area contributed by atoms with Crippen molar-refractivity contribution in [2.45, 2.75) is 44.2 Å². The Kier molecular flexibility index (Phi) is 13.2. The van der Waals surface area contributed by atoms with Crippen molar-refractivity contribution in [3.8, 4) is 11.8 Å². The molecule has 4 heterocycles. The topological polar surface area (TPSA) is 305 Å². The number of benzene rings is 2. The molecule has 0 radical (unpaired) electrons. The van der Waals surface area contributed by atoms with Crippen molar-refractivity contribution in [1.29, 1.82) is 0 Å². The van der Waals surface area contributed by atoms with Gasteiger partial charge in [-0.25, -0.2) is 13.7 Å². The van der Waals surface area contributed by atoms with Gasteiger partial charge in [0.25, 0.3) is 5.56 Å². The number of anilines is 3. The second-order valence-corrected chi connectivity index (χ2v) is 18.6. The zero-order valence-electron chi connectivity index (χ0n) is 32.7. The summed E-state index contributed by atoms with van der Waals surface area (Å²) in [6.45, 7) is -0.402. The SMILES string of the molecule is CN(C)c1ccc2cc3ccc(N(C)C)cc3[n+](CCCC(=O)NCC#Cc3cn([C@H]4C[C@H](O)[C@@H](COP(=O)(O)OP(=O)(O)OP(=O)(O)O)O4)c4nc(N)[nH]c(=O)c34)c2c1. The number of carbonyl (C=O) groups is 1. The summed E-state index contributed by atoms with van der Waals surface area (Å²) < 4.78 is 56.1. The number of nitrogens with one attached hydrogen (secondary N) is 2. The monoisotopic (exact) mass is 893 g/mol. The first kappa shape index (κ1) is 44.8. The number of aryl methyl sites for hydroxylation is 1. The minimum absolute atomic E-state index is 0.0178. The molecule has 1 saturated heterocycles. The van der Waals surface area contributed by atoms with Crippen LogP contribution in [0.25, 0.3) is 32.8 Å². The van der Waals surface area contributed by atoms with Crippen LogP contribution in [0.1, 0.15) is 31.1 Å². The van der Waals surface area contributed by atoms with Crippen molar-refractivity contribution in [3.05, 3.63) is 64.6 Å². The van der Waals surface area contributed by atoms with E-state index in [-0.39, 0.29) is 47.8 Å². The van der Waals surface area contributed by atoms with Gasteiger partial charge in [0.2, 0.25) is 22.9 Å². The molecule has 322 valence electrons. The molecule has 60 heavy (non-hydrogen) atoms. The third-order valence-electron chi connectivity index (χ3n) is 9.37. The molecule has 0 bridgehead atoms. The van der Waals surface area contributed by atoms with E-state index < -0.39 is 54.1 Å². The second-order valence-electron chi connectivity index (χ2n) is 14.2. The smallest absolute Gasteiger partial charge is 0.390 e. The van der Waals surface area contributed by atoms with Gasteiger partial charge in [0.05, 0.1) is 30.2 Å². The largest absolute Gasteiger partial charge is 0.490 e. The number of aliphatic hydroxyl groups excluding tert-OH is 1. The molecule has 1 aliphatic heterocycles. The van der Waals surface area contributed by atoms with Crippen molar-refractivity contribution >= 4 is 79.5 Å². The lowest BCUT2D eigenvalue weighted by Crippen LogP contribution is -2.37. The molecule has 2 aromatic carbocycles. The number of aromatic amines is 1. The summed E-state index contributed by atoms with van der Waals surface area (Å²) in [5.74, 6) is 5.22. The van der Waals surface area contributed by atoms with Gasteiger partial charge in [-0.2, -0.15) is 18.2 Å². The standard InChI is InChI=1S/C35H43N8O14P3/c1-40(2)24-11-9-21-15-22-10-12-25(41(3)4)17-27(22)42(26(21)16-24)14-6-8-30(45)37-13-5-7-23-19-43(33-32(23)34(46)39-35(36)38-33)31-18-28(44)29(55-31)20-54-59(50,51)57-60(52,53)56-58(47,48)49/h9-12,15-17,19,28-29,31,44H,6,8,13-14,18,20H2,1-4H3,(H7-,36,37,38,39,45,46,47,48,49,50,51,52,53)/p+1/t28-,29+,31+/m0/s1. The number of aliphatic hydroxyl groups is 1. The summed E-state index contributed by atoms with van der Waals surface area (Å²) in [4.78, 5) is 73.3. The highest BCUT2D eigenvalue weighted by atomic mass is 31.3. The number of carbonyl (C=O) groups excluding carboxylic acids is 1. The lowest BCUT2D eigenvalue weighted by Gasteiger charge is -2.19. The Labute approximate surface area is 341 Å². The molecule has 2 unspecified atom stereocenters. The maximum atomic E-state index is 13.0. The number of fused-ring (bicyclic) bond motifs is 3. The Morgan fingerprint density at radius 2 is 1.65 bits per heavy atom. The van der Waals surface area contributed by atoms with E-state index in [1.54, 1.807) is 0 Å². The first-order valence-electron chi connectivity index (χ1n) is 18.1. The zero-order valence-corrected chi connectivity index (χ0v) is 35.3. The Hall–Kier alpha value is -4.71. The van der Waals surface area contributed by atoms with E-state index >= 15 is 0 Å². The maximum absolute atomic E-state index is 13.0. The minimum Gasteiger partial charge on any atom is -0.390 e. The highest BCUT2D eigenvalue weighted by Gasteiger charge is 2.43. The molecule has 5 atom stereocenters. The van der Waals surface area contributed by atoms with Gasteiger partial charge < -0.3 is 54.8 Å². The molecule has 0 spiro atoms. The van der Waals surface area contributed by atoms with Crippen LogP contribution in [0.4, 0.5) is 17.3 Å². The number of nitrogens with two attached hydrogens (primary N) is 1. The fourth-order valence-electron chi connectivity index (χ4n) is 6.63. The van der Waals surface area contributed by atoms with Gasteiger partial charge >= 0.3 is 23.5 Å². The first-order chi connectivity index (χ1) is 28.1. The van der Waals surface area contributed by atoms with Crippen molar-refractivity contribution in [2.75, 3.05) is 56.9 Å². The maximum Gasteiger partial charge on any atom is 0.490 e. The average Bonchev–Trinajstić information content (AvgIpc) is 3.69. The Bertz CT molecular complexity index is 2660. The number of hydrogen-bond donors (Lipinski definition) is 8. The van der Waals surface area contributed by atoms with E-state index in [0.29, 0.717) is 13.0 Å². The Morgan fingerprint density at radius 3 is 2.25 bits per heavy atom. The van der Waals surface area contributed by atoms with Crippen molar-refractivity contribution in [1.82, 2.24) is 19.9 Å². The first-order valence-corrected chi connectivity index (χ1v) is 22.6. The van der Waals surface area contributed by atoms with E-state index in [1.807, 2.05) is 38.0 Å². The fourth-order valence-corrected chi connectivity index (χ4v) is 9.66. The molecule has 25 heteroatoms. The number of ether oxygens (including phenoxy) is 1. The molecular formula is C35H44N8O14P3+. The van der Waals surface area contributed by atoms with Gasteiger partial charge in [-0.1, -0.05) is 11.8 Å². The molecule has 1 fully saturated rings. The number of H-pyrrole nitrogens is 1. The number of hydrogen-bond acceptors (Lipinski definition) is 14. The molecule has 1 aliphatic rings. The molecular weight excluding hydrogens is 849 g/mol. The van der Waals surface area contributed by atoms with Gasteiger partial charge in [-0.3, -0.25) is 19.1 Å².